The van der Waals surface area contributed by atoms with E-state index in [0.717, 1.165) is 36.6 Å². The van der Waals surface area contributed by atoms with Crippen LogP contribution in [0.5, 0.6) is 0 Å². The average Bonchev–Trinajstić information content (AvgIpc) is 2.29. The molecule has 0 saturated carbocycles. The Labute approximate surface area is 116 Å². The van der Waals surface area contributed by atoms with Gasteiger partial charge in [-0.25, -0.2) is 9.97 Å². The summed E-state index contributed by atoms with van der Waals surface area (Å²) in [6.45, 7) is 9.17. The molecule has 0 fully saturated rings. The summed E-state index contributed by atoms with van der Waals surface area (Å²) in [7, 11) is 1.95. The molecule has 0 amide bonds. The standard InChI is InChI=1S/C14H26N4O/c1-6-8-11-12(15-7-2)16-10-17-13(11)18(5)9-14(3,4)19/h10,19H,6-9H2,1-5H3,(H,15,16,17). The van der Waals surface area contributed by atoms with Crippen LogP contribution in [0.3, 0.4) is 0 Å². The molecular formula is C14H26N4O. The number of hydrogen-bond donors (Lipinski definition) is 2. The number of nitrogens with one attached hydrogen (secondary N) is 1. The third-order valence-electron chi connectivity index (χ3n) is 2.75. The van der Waals surface area contributed by atoms with Gasteiger partial charge in [-0.2, -0.15) is 0 Å². The molecule has 0 saturated heterocycles. The van der Waals surface area contributed by atoms with Gasteiger partial charge in [0.05, 0.1) is 5.60 Å². The third-order valence-corrected chi connectivity index (χ3v) is 2.75. The van der Waals surface area contributed by atoms with Crippen LogP contribution in [-0.2, 0) is 6.42 Å². The number of nitrogens with zero attached hydrogens (tertiary/aromatic N) is 3. The van der Waals surface area contributed by atoms with Crippen LogP contribution >= 0.6 is 0 Å². The SMILES string of the molecule is CCCc1c(NCC)ncnc1N(C)CC(C)(C)O. The van der Waals surface area contributed by atoms with Gasteiger partial charge >= 0.3 is 0 Å². The third kappa shape index (κ3) is 4.67. The van der Waals surface area contributed by atoms with Gasteiger partial charge in [0, 0.05) is 25.7 Å². The fourth-order valence-corrected chi connectivity index (χ4v) is 2.19. The van der Waals surface area contributed by atoms with Gasteiger partial charge in [0.2, 0.25) is 0 Å². The lowest BCUT2D eigenvalue weighted by atomic mass is 10.1. The summed E-state index contributed by atoms with van der Waals surface area (Å²) in [6, 6.07) is 0. The maximum Gasteiger partial charge on any atom is 0.137 e. The largest absolute Gasteiger partial charge is 0.389 e. The summed E-state index contributed by atoms with van der Waals surface area (Å²) in [6.07, 6.45) is 3.54. The molecule has 0 aromatic carbocycles. The van der Waals surface area contributed by atoms with E-state index in [0.29, 0.717) is 6.54 Å². The molecule has 19 heavy (non-hydrogen) atoms. The Hall–Kier alpha value is -1.36. The molecule has 0 atom stereocenters. The maximum absolute atomic E-state index is 9.94. The van der Waals surface area contributed by atoms with E-state index in [1.165, 1.54) is 0 Å². The van der Waals surface area contributed by atoms with Gasteiger partial charge in [0.1, 0.15) is 18.0 Å². The molecule has 0 bridgehead atoms. The van der Waals surface area contributed by atoms with Crippen LogP contribution in [0.2, 0.25) is 0 Å². The van der Waals surface area contributed by atoms with E-state index in [1.54, 1.807) is 20.2 Å². The van der Waals surface area contributed by atoms with Gasteiger partial charge in [-0.3, -0.25) is 0 Å². The Morgan fingerprint density at radius 3 is 2.53 bits per heavy atom. The van der Waals surface area contributed by atoms with Crippen molar-refractivity contribution in [2.24, 2.45) is 0 Å². The normalized spacial score (nSPS) is 11.5. The fourth-order valence-electron chi connectivity index (χ4n) is 2.19. The molecule has 0 unspecified atom stereocenters. The molecule has 1 aromatic rings. The zero-order valence-electron chi connectivity index (χ0n) is 12.7. The highest BCUT2D eigenvalue weighted by atomic mass is 16.3. The van der Waals surface area contributed by atoms with Crippen LogP contribution in [-0.4, -0.2) is 40.8 Å². The summed E-state index contributed by atoms with van der Waals surface area (Å²) >= 11 is 0. The van der Waals surface area contributed by atoms with Gasteiger partial charge in [-0.1, -0.05) is 13.3 Å². The van der Waals surface area contributed by atoms with Crippen molar-refractivity contribution in [3.8, 4) is 0 Å². The van der Waals surface area contributed by atoms with Crippen molar-refractivity contribution >= 4 is 11.6 Å². The van der Waals surface area contributed by atoms with Crippen LogP contribution in [0.1, 0.15) is 39.7 Å². The molecule has 5 heteroatoms. The van der Waals surface area contributed by atoms with Crippen LogP contribution in [0.25, 0.3) is 0 Å². The quantitative estimate of drug-likeness (QED) is 0.791. The van der Waals surface area contributed by atoms with Gasteiger partial charge in [0.25, 0.3) is 0 Å². The zero-order valence-corrected chi connectivity index (χ0v) is 12.7. The second-order valence-corrected chi connectivity index (χ2v) is 5.47. The van der Waals surface area contributed by atoms with E-state index < -0.39 is 5.60 Å². The van der Waals surface area contributed by atoms with Crippen molar-refractivity contribution in [2.75, 3.05) is 30.4 Å². The smallest absolute Gasteiger partial charge is 0.137 e. The molecule has 1 aromatic heterocycles. The summed E-state index contributed by atoms with van der Waals surface area (Å²) < 4.78 is 0. The Bertz CT molecular complexity index is 401. The first-order valence-corrected chi connectivity index (χ1v) is 6.90. The molecule has 1 heterocycles. The van der Waals surface area contributed by atoms with E-state index >= 15 is 0 Å². The minimum absolute atomic E-state index is 0.534. The van der Waals surface area contributed by atoms with Crippen LogP contribution in [0.15, 0.2) is 6.33 Å². The maximum atomic E-state index is 9.94. The molecule has 0 aliphatic rings. The number of aliphatic hydroxyl groups is 1. The first-order valence-electron chi connectivity index (χ1n) is 6.90. The second kappa shape index (κ2) is 6.70. The lowest BCUT2D eigenvalue weighted by Crippen LogP contribution is -2.37. The second-order valence-electron chi connectivity index (χ2n) is 5.47. The molecule has 0 aliphatic heterocycles. The topological polar surface area (TPSA) is 61.3 Å². The van der Waals surface area contributed by atoms with Crippen LogP contribution in [0.4, 0.5) is 11.6 Å². The van der Waals surface area contributed by atoms with Crippen molar-refractivity contribution in [1.29, 1.82) is 0 Å². The Morgan fingerprint density at radius 1 is 1.32 bits per heavy atom. The predicted molar refractivity (Wildman–Crippen MR) is 79.8 cm³/mol. The first kappa shape index (κ1) is 15.7. The first-order chi connectivity index (χ1) is 8.89. The summed E-state index contributed by atoms with van der Waals surface area (Å²) in [5.41, 5.74) is 0.375. The van der Waals surface area contributed by atoms with Crippen molar-refractivity contribution in [3.63, 3.8) is 0 Å². The zero-order chi connectivity index (χ0) is 14.5. The van der Waals surface area contributed by atoms with E-state index in [9.17, 15) is 5.11 Å². The molecule has 5 nitrogen and oxygen atoms in total. The summed E-state index contributed by atoms with van der Waals surface area (Å²) in [5, 5.41) is 13.2. The average molecular weight is 266 g/mol. The molecule has 0 spiro atoms. The molecule has 108 valence electrons. The van der Waals surface area contributed by atoms with E-state index in [4.69, 9.17) is 0 Å². The van der Waals surface area contributed by atoms with E-state index in [-0.39, 0.29) is 0 Å². The number of hydrogen-bond acceptors (Lipinski definition) is 5. The molecule has 0 radical (unpaired) electrons. The van der Waals surface area contributed by atoms with Crippen LogP contribution < -0.4 is 10.2 Å². The van der Waals surface area contributed by atoms with Crippen molar-refractivity contribution < 1.29 is 5.11 Å². The van der Waals surface area contributed by atoms with Gasteiger partial charge in [0.15, 0.2) is 0 Å². The van der Waals surface area contributed by atoms with Crippen LogP contribution in [0, 0.1) is 0 Å². The van der Waals surface area contributed by atoms with Crippen molar-refractivity contribution in [1.82, 2.24) is 9.97 Å². The number of anilines is 2. The van der Waals surface area contributed by atoms with E-state index in [2.05, 4.69) is 29.1 Å². The minimum atomic E-state index is -0.748. The number of rotatable bonds is 7. The predicted octanol–water partition coefficient (Wildman–Crippen LogP) is 2.07. The molecule has 1 rings (SSSR count). The molecule has 2 N–H and O–H groups in total. The highest BCUT2D eigenvalue weighted by Gasteiger charge is 2.20. The van der Waals surface area contributed by atoms with Gasteiger partial charge < -0.3 is 15.3 Å². The number of likely N-dealkylation sites (N-methyl/N-ethyl adjacent to an activating group) is 1. The van der Waals surface area contributed by atoms with Gasteiger partial charge in [-0.05, 0) is 27.2 Å². The molecular weight excluding hydrogens is 240 g/mol. The molecule has 0 aliphatic carbocycles. The fraction of sp³-hybridized carbons (Fsp3) is 0.714. The van der Waals surface area contributed by atoms with Gasteiger partial charge in [-0.15, -0.1) is 0 Å². The van der Waals surface area contributed by atoms with E-state index in [1.807, 2.05) is 11.9 Å². The lowest BCUT2D eigenvalue weighted by Gasteiger charge is -2.28. The highest BCUT2D eigenvalue weighted by molar-refractivity contribution is 5.58. The minimum Gasteiger partial charge on any atom is -0.389 e. The Balaban J connectivity index is 3.07. The summed E-state index contributed by atoms with van der Waals surface area (Å²) in [5.74, 6) is 1.80. The Kier molecular flexibility index (Phi) is 5.54. The highest BCUT2D eigenvalue weighted by Crippen LogP contribution is 2.25. The number of aromatic nitrogens is 2. The summed E-state index contributed by atoms with van der Waals surface area (Å²) in [4.78, 5) is 10.7. The van der Waals surface area contributed by atoms with Crippen molar-refractivity contribution in [3.05, 3.63) is 11.9 Å². The monoisotopic (exact) mass is 266 g/mol. The lowest BCUT2D eigenvalue weighted by molar-refractivity contribution is 0.0884. The Morgan fingerprint density at radius 2 is 2.00 bits per heavy atom. The van der Waals surface area contributed by atoms with Crippen molar-refractivity contribution in [2.45, 2.75) is 46.1 Å².